The number of hydrogen-bond donors (Lipinski definition) is 3. The molecule has 0 aliphatic rings. The van der Waals surface area contributed by atoms with Crippen molar-refractivity contribution in [3.63, 3.8) is 0 Å². The largest absolute Gasteiger partial charge is 0.478 e. The molecule has 1 aromatic carbocycles. The van der Waals surface area contributed by atoms with Gasteiger partial charge >= 0.3 is 17.9 Å². The van der Waals surface area contributed by atoms with Gasteiger partial charge in [0.05, 0.1) is 16.7 Å². The minimum absolute atomic E-state index is 0.104. The second-order valence-corrected chi connectivity index (χ2v) is 6.51. The fourth-order valence-electron chi connectivity index (χ4n) is 3.14. The Kier molecular flexibility index (Phi) is 9.41. The van der Waals surface area contributed by atoms with Gasteiger partial charge in [-0.2, -0.15) is 0 Å². The molecule has 0 radical (unpaired) electrons. The molecule has 0 saturated carbocycles. The third-order valence-corrected chi connectivity index (χ3v) is 4.52. The molecule has 0 aliphatic heterocycles. The molecule has 144 valence electrons. The lowest BCUT2D eigenvalue weighted by atomic mass is 9.91. The van der Waals surface area contributed by atoms with Crippen molar-refractivity contribution in [2.45, 2.75) is 71.1 Å². The van der Waals surface area contributed by atoms with Gasteiger partial charge in [-0.1, -0.05) is 58.3 Å². The molecule has 6 heteroatoms. The molecule has 0 aromatic heterocycles. The number of carboxylic acid groups (broad SMARTS) is 3. The normalized spacial score (nSPS) is 10.7. The van der Waals surface area contributed by atoms with Crippen LogP contribution in [0.4, 0.5) is 0 Å². The molecule has 0 heterocycles. The predicted octanol–water partition coefficient (Wildman–Crippen LogP) is 4.85. The Morgan fingerprint density at radius 1 is 0.692 bits per heavy atom. The topological polar surface area (TPSA) is 112 Å². The van der Waals surface area contributed by atoms with Gasteiger partial charge in [0.25, 0.3) is 0 Å². The first-order chi connectivity index (χ1) is 12.4. The molecule has 26 heavy (non-hydrogen) atoms. The van der Waals surface area contributed by atoms with E-state index in [1.807, 2.05) is 0 Å². The lowest BCUT2D eigenvalue weighted by Gasteiger charge is -2.12. The van der Waals surface area contributed by atoms with E-state index in [4.69, 9.17) is 0 Å². The van der Waals surface area contributed by atoms with Gasteiger partial charge < -0.3 is 15.3 Å². The number of carbonyl (C=O) groups is 3. The minimum Gasteiger partial charge on any atom is -0.478 e. The summed E-state index contributed by atoms with van der Waals surface area (Å²) in [7, 11) is 0. The van der Waals surface area contributed by atoms with Gasteiger partial charge in [-0.05, 0) is 30.5 Å². The lowest BCUT2D eigenvalue weighted by molar-refractivity contribution is 0.0647. The highest BCUT2D eigenvalue weighted by Gasteiger charge is 2.24. The van der Waals surface area contributed by atoms with E-state index in [-0.39, 0.29) is 23.1 Å². The van der Waals surface area contributed by atoms with Crippen molar-refractivity contribution >= 4 is 17.9 Å². The summed E-state index contributed by atoms with van der Waals surface area (Å²) in [5.41, 5.74) is -0.801. The van der Waals surface area contributed by atoms with E-state index in [1.165, 1.54) is 38.2 Å². The molecule has 6 nitrogen and oxygen atoms in total. The van der Waals surface area contributed by atoms with Crippen LogP contribution in [0.2, 0.25) is 0 Å². The third kappa shape index (κ3) is 6.50. The zero-order valence-electron chi connectivity index (χ0n) is 15.3. The molecule has 0 saturated heterocycles. The molecule has 0 spiro atoms. The maximum absolute atomic E-state index is 11.5. The van der Waals surface area contributed by atoms with E-state index >= 15 is 0 Å². The van der Waals surface area contributed by atoms with E-state index in [0.717, 1.165) is 25.3 Å². The molecule has 0 unspecified atom stereocenters. The summed E-state index contributed by atoms with van der Waals surface area (Å²) in [6.45, 7) is 2.18. The molecule has 0 fully saturated rings. The Hall–Kier alpha value is -2.37. The summed E-state index contributed by atoms with van der Waals surface area (Å²) in [4.78, 5) is 34.2. The predicted molar refractivity (Wildman–Crippen MR) is 98.3 cm³/mol. The Bertz CT molecular complexity index is 635. The fourth-order valence-corrected chi connectivity index (χ4v) is 3.14. The summed E-state index contributed by atoms with van der Waals surface area (Å²) in [5, 5.41) is 27.9. The quantitative estimate of drug-likeness (QED) is 0.431. The van der Waals surface area contributed by atoms with Crippen molar-refractivity contribution in [1.29, 1.82) is 0 Å². The van der Waals surface area contributed by atoms with E-state index in [0.29, 0.717) is 6.42 Å². The summed E-state index contributed by atoms with van der Waals surface area (Å²) in [6.07, 6.45) is 10.00. The van der Waals surface area contributed by atoms with Crippen LogP contribution >= 0.6 is 0 Å². The van der Waals surface area contributed by atoms with Gasteiger partial charge in [0.2, 0.25) is 0 Å². The molecular weight excluding hydrogens is 336 g/mol. The van der Waals surface area contributed by atoms with E-state index in [9.17, 15) is 29.7 Å². The number of carboxylic acids is 3. The summed E-state index contributed by atoms with van der Waals surface area (Å²) < 4.78 is 0. The van der Waals surface area contributed by atoms with Gasteiger partial charge in [-0.3, -0.25) is 0 Å². The van der Waals surface area contributed by atoms with Crippen LogP contribution in [0.5, 0.6) is 0 Å². The summed E-state index contributed by atoms with van der Waals surface area (Å²) in [5.74, 6) is -4.01. The fraction of sp³-hybridized carbons (Fsp3) is 0.550. The van der Waals surface area contributed by atoms with Crippen molar-refractivity contribution in [2.75, 3.05) is 0 Å². The van der Waals surface area contributed by atoms with Crippen LogP contribution < -0.4 is 0 Å². The Labute approximate surface area is 153 Å². The lowest BCUT2D eigenvalue weighted by Crippen LogP contribution is -2.16. The van der Waals surface area contributed by atoms with Crippen LogP contribution in [0, 0.1) is 0 Å². The highest BCUT2D eigenvalue weighted by molar-refractivity contribution is 6.05. The third-order valence-electron chi connectivity index (χ3n) is 4.52. The number of aromatic carboxylic acids is 3. The number of rotatable bonds is 13. The van der Waals surface area contributed by atoms with Crippen molar-refractivity contribution in [3.05, 3.63) is 34.4 Å². The molecule has 1 rings (SSSR count). The van der Waals surface area contributed by atoms with Gasteiger partial charge in [-0.15, -0.1) is 0 Å². The molecule has 0 aliphatic carbocycles. The standard InChI is InChI=1S/C20H28O6/c1-2-3-4-5-6-7-8-9-10-11-14-15(18(21)22)12-13-16(19(23)24)17(14)20(25)26/h12-13H,2-11H2,1H3,(H,21,22)(H,23,24)(H,25,26). The molecular formula is C20H28O6. The van der Waals surface area contributed by atoms with E-state index in [2.05, 4.69) is 6.92 Å². The van der Waals surface area contributed by atoms with Gasteiger partial charge in [-0.25, -0.2) is 14.4 Å². The van der Waals surface area contributed by atoms with Crippen LogP contribution in [0.15, 0.2) is 12.1 Å². The first-order valence-electron chi connectivity index (χ1n) is 9.25. The number of unbranched alkanes of at least 4 members (excludes halogenated alkanes) is 8. The smallest absolute Gasteiger partial charge is 0.336 e. The molecule has 1 aromatic rings. The Balaban J connectivity index is 2.72. The SMILES string of the molecule is CCCCCCCCCCCc1c(C(=O)O)ccc(C(=O)O)c1C(=O)O. The number of benzene rings is 1. The monoisotopic (exact) mass is 364 g/mol. The first kappa shape index (κ1) is 21.7. The van der Waals surface area contributed by atoms with Crippen molar-refractivity contribution in [3.8, 4) is 0 Å². The van der Waals surface area contributed by atoms with Crippen molar-refractivity contribution < 1.29 is 29.7 Å². The van der Waals surface area contributed by atoms with Crippen molar-refractivity contribution in [2.24, 2.45) is 0 Å². The highest BCUT2D eigenvalue weighted by atomic mass is 16.4. The average molecular weight is 364 g/mol. The van der Waals surface area contributed by atoms with E-state index < -0.39 is 23.5 Å². The van der Waals surface area contributed by atoms with Crippen LogP contribution in [-0.2, 0) is 6.42 Å². The molecule has 0 bridgehead atoms. The zero-order valence-corrected chi connectivity index (χ0v) is 15.3. The molecule has 3 N–H and O–H groups in total. The maximum atomic E-state index is 11.5. The van der Waals surface area contributed by atoms with Crippen molar-refractivity contribution in [1.82, 2.24) is 0 Å². The average Bonchev–Trinajstić information content (AvgIpc) is 2.59. The van der Waals surface area contributed by atoms with E-state index in [1.54, 1.807) is 0 Å². The Morgan fingerprint density at radius 2 is 1.15 bits per heavy atom. The first-order valence-corrected chi connectivity index (χ1v) is 9.25. The summed E-state index contributed by atoms with van der Waals surface area (Å²) in [6, 6.07) is 2.23. The second kappa shape index (κ2) is 11.3. The van der Waals surface area contributed by atoms with Crippen LogP contribution in [-0.4, -0.2) is 33.2 Å². The van der Waals surface area contributed by atoms with Gasteiger partial charge in [0, 0.05) is 0 Å². The van der Waals surface area contributed by atoms with Crippen LogP contribution in [0.25, 0.3) is 0 Å². The zero-order chi connectivity index (χ0) is 19.5. The maximum Gasteiger partial charge on any atom is 0.336 e. The molecule has 0 atom stereocenters. The second-order valence-electron chi connectivity index (χ2n) is 6.51. The van der Waals surface area contributed by atoms with Gasteiger partial charge in [0.15, 0.2) is 0 Å². The highest BCUT2D eigenvalue weighted by Crippen LogP contribution is 2.23. The number of hydrogen-bond acceptors (Lipinski definition) is 3. The Morgan fingerprint density at radius 3 is 1.62 bits per heavy atom. The summed E-state index contributed by atoms with van der Waals surface area (Å²) >= 11 is 0. The minimum atomic E-state index is -1.41. The van der Waals surface area contributed by atoms with Crippen LogP contribution in [0.3, 0.4) is 0 Å². The van der Waals surface area contributed by atoms with Gasteiger partial charge in [0.1, 0.15) is 0 Å². The van der Waals surface area contributed by atoms with Crippen LogP contribution in [0.1, 0.15) is 101 Å². The molecule has 0 amide bonds.